The summed E-state index contributed by atoms with van der Waals surface area (Å²) in [4.78, 5) is 21.8. The molecule has 1 amide bonds. The molecule has 2 heterocycles. The Bertz CT molecular complexity index is 580. The van der Waals surface area contributed by atoms with E-state index in [4.69, 9.17) is 5.84 Å². The van der Waals surface area contributed by atoms with E-state index >= 15 is 0 Å². The van der Waals surface area contributed by atoms with E-state index in [0.717, 1.165) is 0 Å². The summed E-state index contributed by atoms with van der Waals surface area (Å²) in [6.45, 7) is 2.11. The van der Waals surface area contributed by atoms with E-state index in [1.54, 1.807) is 26.1 Å². The number of aromatic nitrogens is 4. The zero-order chi connectivity index (χ0) is 13.8. The third kappa shape index (κ3) is 3.05. The zero-order valence-corrected chi connectivity index (χ0v) is 10.7. The molecular formula is C11H15N7O. The van der Waals surface area contributed by atoms with Crippen molar-refractivity contribution in [2.24, 2.45) is 5.84 Å². The van der Waals surface area contributed by atoms with Crippen LogP contribution in [0.2, 0.25) is 0 Å². The monoisotopic (exact) mass is 261 g/mol. The molecule has 0 spiro atoms. The maximum absolute atomic E-state index is 12.2. The Hall–Kier alpha value is -2.48. The van der Waals surface area contributed by atoms with Crippen LogP contribution in [-0.4, -0.2) is 38.0 Å². The number of nitrogens with one attached hydrogen (secondary N) is 2. The first kappa shape index (κ1) is 13.0. The predicted octanol–water partition coefficient (Wildman–Crippen LogP) is 0.0659. The van der Waals surface area contributed by atoms with Gasteiger partial charge in [0.15, 0.2) is 5.82 Å². The van der Waals surface area contributed by atoms with Crippen LogP contribution in [0.3, 0.4) is 0 Å². The average molecular weight is 261 g/mol. The molecule has 2 aromatic rings. The number of carbonyl (C=O) groups is 1. The normalized spacial score (nSPS) is 10.3. The van der Waals surface area contributed by atoms with Crippen LogP contribution in [0.4, 0.5) is 5.69 Å². The fourth-order valence-electron chi connectivity index (χ4n) is 1.58. The van der Waals surface area contributed by atoms with Crippen LogP contribution in [-0.2, 0) is 6.54 Å². The molecule has 8 nitrogen and oxygen atoms in total. The molecule has 0 aromatic carbocycles. The Kier molecular flexibility index (Phi) is 3.71. The lowest BCUT2D eigenvalue weighted by Crippen LogP contribution is -2.27. The number of aryl methyl sites for hydroxylation is 1. The second-order valence-corrected chi connectivity index (χ2v) is 4.07. The fraction of sp³-hybridized carbons (Fsp3) is 0.273. The second kappa shape index (κ2) is 5.44. The van der Waals surface area contributed by atoms with Gasteiger partial charge in [-0.3, -0.25) is 20.7 Å². The Balaban J connectivity index is 2.09. The summed E-state index contributed by atoms with van der Waals surface area (Å²) in [5.41, 5.74) is 3.41. The number of H-pyrrole nitrogens is 1. The molecule has 2 rings (SSSR count). The summed E-state index contributed by atoms with van der Waals surface area (Å²) in [6, 6.07) is 3.26. The lowest BCUT2D eigenvalue weighted by Gasteiger charge is -2.14. The number of nitrogens with two attached hydrogens (primary N) is 1. The van der Waals surface area contributed by atoms with E-state index in [1.807, 2.05) is 0 Å². The summed E-state index contributed by atoms with van der Waals surface area (Å²) in [5, 5.41) is 6.71. The van der Waals surface area contributed by atoms with Gasteiger partial charge in [-0.25, -0.2) is 4.98 Å². The summed E-state index contributed by atoms with van der Waals surface area (Å²) in [7, 11) is 1.66. The highest BCUT2D eigenvalue weighted by Crippen LogP contribution is 2.09. The number of nitrogens with zero attached hydrogens (tertiary/aromatic N) is 4. The van der Waals surface area contributed by atoms with E-state index in [2.05, 4.69) is 25.6 Å². The van der Waals surface area contributed by atoms with Crippen molar-refractivity contribution >= 4 is 11.6 Å². The lowest BCUT2D eigenvalue weighted by molar-refractivity contribution is 0.0776. The standard InChI is InChI=1S/C11H15N7O/c1-7-14-10(17-16-7)6-18(2)11(19)9-5-8(15-12)3-4-13-9/h3-5H,6,12H2,1-2H3,(H,13,15)(H,14,16,17). The number of anilines is 1. The molecule has 0 unspecified atom stereocenters. The summed E-state index contributed by atoms with van der Waals surface area (Å²) >= 11 is 0. The highest BCUT2D eigenvalue weighted by atomic mass is 16.2. The van der Waals surface area contributed by atoms with Crippen LogP contribution >= 0.6 is 0 Å². The number of hydrazine groups is 1. The third-order valence-corrected chi connectivity index (χ3v) is 2.51. The molecule has 4 N–H and O–H groups in total. The van der Waals surface area contributed by atoms with E-state index in [1.165, 1.54) is 11.1 Å². The molecule has 0 radical (unpaired) electrons. The molecule has 2 aromatic heterocycles. The number of nitrogen functional groups attached to an aromatic ring is 1. The van der Waals surface area contributed by atoms with Crippen molar-refractivity contribution in [1.82, 2.24) is 25.1 Å². The van der Waals surface area contributed by atoms with Gasteiger partial charge in [-0.2, -0.15) is 5.10 Å². The fourth-order valence-corrected chi connectivity index (χ4v) is 1.58. The molecule has 0 aliphatic heterocycles. The summed E-state index contributed by atoms with van der Waals surface area (Å²) in [5.74, 6) is 6.34. The Labute approximate surface area is 110 Å². The van der Waals surface area contributed by atoms with Crippen LogP contribution in [0.1, 0.15) is 22.1 Å². The maximum Gasteiger partial charge on any atom is 0.272 e. The molecule has 0 bridgehead atoms. The highest BCUT2D eigenvalue weighted by Gasteiger charge is 2.15. The van der Waals surface area contributed by atoms with Crippen molar-refractivity contribution in [2.75, 3.05) is 12.5 Å². The quantitative estimate of drug-likeness (QED) is 0.530. The van der Waals surface area contributed by atoms with Crippen molar-refractivity contribution in [3.05, 3.63) is 35.7 Å². The Morgan fingerprint density at radius 1 is 1.58 bits per heavy atom. The number of aromatic amines is 1. The number of amides is 1. The van der Waals surface area contributed by atoms with Gasteiger partial charge in [0.1, 0.15) is 11.5 Å². The lowest BCUT2D eigenvalue weighted by atomic mass is 10.3. The minimum absolute atomic E-state index is 0.223. The van der Waals surface area contributed by atoms with Crippen molar-refractivity contribution in [3.63, 3.8) is 0 Å². The number of pyridine rings is 1. The second-order valence-electron chi connectivity index (χ2n) is 4.07. The van der Waals surface area contributed by atoms with E-state index < -0.39 is 0 Å². The molecule has 0 aliphatic rings. The smallest absolute Gasteiger partial charge is 0.272 e. The van der Waals surface area contributed by atoms with E-state index in [9.17, 15) is 4.79 Å². The summed E-state index contributed by atoms with van der Waals surface area (Å²) in [6.07, 6.45) is 1.52. The van der Waals surface area contributed by atoms with E-state index in [0.29, 0.717) is 29.6 Å². The summed E-state index contributed by atoms with van der Waals surface area (Å²) < 4.78 is 0. The van der Waals surface area contributed by atoms with Crippen LogP contribution in [0, 0.1) is 6.92 Å². The van der Waals surface area contributed by atoms with Crippen LogP contribution < -0.4 is 11.3 Å². The average Bonchev–Trinajstić information content (AvgIpc) is 2.83. The molecule has 0 fully saturated rings. The predicted molar refractivity (Wildman–Crippen MR) is 69.0 cm³/mol. The number of hydrogen-bond donors (Lipinski definition) is 3. The van der Waals surface area contributed by atoms with Crippen molar-refractivity contribution in [3.8, 4) is 0 Å². The third-order valence-electron chi connectivity index (χ3n) is 2.51. The molecule has 0 saturated carbocycles. The minimum Gasteiger partial charge on any atom is -0.333 e. The van der Waals surface area contributed by atoms with E-state index in [-0.39, 0.29) is 5.91 Å². The van der Waals surface area contributed by atoms with Crippen LogP contribution in [0.15, 0.2) is 18.3 Å². The molecule has 8 heteroatoms. The molecule has 100 valence electrons. The number of carbonyl (C=O) groups excluding carboxylic acids is 1. The SMILES string of the molecule is Cc1nc(CN(C)C(=O)c2cc(NN)ccn2)n[nH]1. The Morgan fingerprint density at radius 3 is 3.00 bits per heavy atom. The van der Waals surface area contributed by atoms with Crippen molar-refractivity contribution in [1.29, 1.82) is 0 Å². The van der Waals surface area contributed by atoms with Gasteiger partial charge in [0.25, 0.3) is 5.91 Å². The topological polar surface area (TPSA) is 113 Å². The first-order valence-electron chi connectivity index (χ1n) is 5.66. The van der Waals surface area contributed by atoms with Gasteiger partial charge in [0.2, 0.25) is 0 Å². The van der Waals surface area contributed by atoms with Gasteiger partial charge in [0, 0.05) is 13.2 Å². The molecule has 0 aliphatic carbocycles. The van der Waals surface area contributed by atoms with Gasteiger partial charge < -0.3 is 10.3 Å². The molecule has 0 atom stereocenters. The van der Waals surface area contributed by atoms with Gasteiger partial charge in [-0.05, 0) is 19.1 Å². The minimum atomic E-state index is -0.223. The number of hydrogen-bond acceptors (Lipinski definition) is 6. The zero-order valence-electron chi connectivity index (χ0n) is 10.7. The number of rotatable bonds is 4. The van der Waals surface area contributed by atoms with Crippen molar-refractivity contribution in [2.45, 2.75) is 13.5 Å². The van der Waals surface area contributed by atoms with Gasteiger partial charge in [-0.1, -0.05) is 0 Å². The molecule has 19 heavy (non-hydrogen) atoms. The Morgan fingerprint density at radius 2 is 2.37 bits per heavy atom. The highest BCUT2D eigenvalue weighted by molar-refractivity contribution is 5.92. The van der Waals surface area contributed by atoms with Crippen LogP contribution in [0.5, 0.6) is 0 Å². The first-order valence-corrected chi connectivity index (χ1v) is 5.66. The van der Waals surface area contributed by atoms with Crippen molar-refractivity contribution < 1.29 is 4.79 Å². The molecule has 0 saturated heterocycles. The maximum atomic E-state index is 12.2. The molecular weight excluding hydrogens is 246 g/mol. The first-order chi connectivity index (χ1) is 9.10. The van der Waals surface area contributed by atoms with Crippen LogP contribution in [0.25, 0.3) is 0 Å². The van der Waals surface area contributed by atoms with Gasteiger partial charge in [0.05, 0.1) is 12.2 Å². The van der Waals surface area contributed by atoms with Gasteiger partial charge in [-0.15, -0.1) is 0 Å². The van der Waals surface area contributed by atoms with Gasteiger partial charge >= 0.3 is 0 Å². The largest absolute Gasteiger partial charge is 0.333 e.